The lowest BCUT2D eigenvalue weighted by atomic mass is 9.81. The fourth-order valence-corrected chi connectivity index (χ4v) is 5.26. The first-order valence-electron chi connectivity index (χ1n) is 13.3. The highest BCUT2D eigenvalue weighted by molar-refractivity contribution is 5.81. The minimum atomic E-state index is -0.555. The normalized spacial score (nSPS) is 22.8. The highest BCUT2D eigenvalue weighted by Crippen LogP contribution is 2.39. The Kier molecular flexibility index (Phi) is 8.69. The second-order valence-corrected chi connectivity index (χ2v) is 11.6. The van der Waals surface area contributed by atoms with E-state index in [9.17, 15) is 14.9 Å². The van der Waals surface area contributed by atoms with Gasteiger partial charge in [-0.2, -0.15) is 5.26 Å². The van der Waals surface area contributed by atoms with Crippen LogP contribution in [0.2, 0.25) is 0 Å². The molecule has 7 nitrogen and oxygen atoms in total. The highest BCUT2D eigenvalue weighted by Gasteiger charge is 2.48. The van der Waals surface area contributed by atoms with Crippen LogP contribution in [0.5, 0.6) is 0 Å². The molecule has 2 aliphatic heterocycles. The zero-order chi connectivity index (χ0) is 25.7. The summed E-state index contributed by atoms with van der Waals surface area (Å²) in [6, 6.07) is 2.61. The Morgan fingerprint density at radius 2 is 1.71 bits per heavy atom. The van der Waals surface area contributed by atoms with E-state index >= 15 is 0 Å². The van der Waals surface area contributed by atoms with Crippen molar-refractivity contribution in [2.24, 2.45) is 5.92 Å². The molecular formula is C28H44N4O3. The van der Waals surface area contributed by atoms with Gasteiger partial charge in [-0.25, -0.2) is 4.79 Å². The quantitative estimate of drug-likeness (QED) is 0.481. The molecule has 0 bridgehead atoms. The van der Waals surface area contributed by atoms with Crippen LogP contribution in [0.25, 0.3) is 0 Å². The number of hydrogen-bond acceptors (Lipinski definition) is 5. The van der Waals surface area contributed by atoms with Crippen molar-refractivity contribution in [3.8, 4) is 6.07 Å². The Balaban J connectivity index is 1.61. The van der Waals surface area contributed by atoms with E-state index in [1.165, 1.54) is 0 Å². The summed E-state index contributed by atoms with van der Waals surface area (Å²) in [7, 11) is 0. The van der Waals surface area contributed by atoms with Gasteiger partial charge in [-0.3, -0.25) is 9.69 Å². The molecule has 0 unspecified atom stereocenters. The van der Waals surface area contributed by atoms with E-state index in [-0.39, 0.29) is 17.6 Å². The Bertz CT molecular complexity index is 846. The molecule has 3 rings (SSSR count). The summed E-state index contributed by atoms with van der Waals surface area (Å²) in [5.74, 6) is 0.507. The number of carbonyl (C=O) groups is 2. The van der Waals surface area contributed by atoms with Gasteiger partial charge in [-0.05, 0) is 79.6 Å². The summed E-state index contributed by atoms with van der Waals surface area (Å²) in [4.78, 5) is 31.9. The van der Waals surface area contributed by atoms with Gasteiger partial charge in [0.05, 0.1) is 6.07 Å². The van der Waals surface area contributed by atoms with E-state index < -0.39 is 11.1 Å². The highest BCUT2D eigenvalue weighted by atomic mass is 16.6. The molecule has 0 atom stereocenters. The van der Waals surface area contributed by atoms with Gasteiger partial charge in [-0.1, -0.05) is 24.3 Å². The Morgan fingerprint density at radius 3 is 2.23 bits per heavy atom. The van der Waals surface area contributed by atoms with E-state index in [1.807, 2.05) is 45.9 Å². The minimum absolute atomic E-state index is 0.182. The van der Waals surface area contributed by atoms with Crippen molar-refractivity contribution in [2.75, 3.05) is 32.7 Å². The maximum Gasteiger partial charge on any atom is 0.410 e. The Labute approximate surface area is 211 Å². The van der Waals surface area contributed by atoms with Gasteiger partial charge in [0.15, 0.2) is 0 Å². The fraction of sp³-hybridized carbons (Fsp3) is 0.750. The predicted octanol–water partition coefficient (Wildman–Crippen LogP) is 4.90. The molecule has 1 saturated carbocycles. The number of hydrogen-bond donors (Lipinski definition) is 0. The van der Waals surface area contributed by atoms with Gasteiger partial charge in [0.25, 0.3) is 0 Å². The molecule has 0 aromatic carbocycles. The molecular weight excluding hydrogens is 440 g/mol. The average Bonchev–Trinajstić information content (AvgIpc) is 3.66. The molecule has 3 aliphatic rings. The number of allylic oxidation sites excluding steroid dienone is 3. The third-order valence-electron chi connectivity index (χ3n) is 7.70. The Hall–Kier alpha value is -2.33. The zero-order valence-electron chi connectivity index (χ0n) is 22.4. The molecule has 7 heteroatoms. The van der Waals surface area contributed by atoms with Gasteiger partial charge in [0, 0.05) is 44.2 Å². The number of rotatable bonds is 7. The minimum Gasteiger partial charge on any atom is -0.444 e. The molecule has 2 heterocycles. The Morgan fingerprint density at radius 1 is 1.09 bits per heavy atom. The van der Waals surface area contributed by atoms with Crippen molar-refractivity contribution in [1.29, 1.82) is 5.26 Å². The molecule has 0 N–H and O–H groups in total. The van der Waals surface area contributed by atoms with Gasteiger partial charge in [0.1, 0.15) is 11.1 Å². The van der Waals surface area contributed by atoms with E-state index in [4.69, 9.17) is 4.74 Å². The van der Waals surface area contributed by atoms with Crippen LogP contribution in [0.1, 0.15) is 79.6 Å². The molecule has 1 aliphatic carbocycles. The molecule has 0 aromatic heterocycles. The predicted molar refractivity (Wildman–Crippen MR) is 138 cm³/mol. The maximum atomic E-state index is 13.2. The third kappa shape index (κ3) is 6.88. The number of piperidine rings is 2. The summed E-state index contributed by atoms with van der Waals surface area (Å²) in [5.41, 5.74) is -1.26. The lowest BCUT2D eigenvalue weighted by Gasteiger charge is -2.52. The summed E-state index contributed by atoms with van der Waals surface area (Å²) < 4.78 is 5.52. The summed E-state index contributed by atoms with van der Waals surface area (Å²) in [6.07, 6.45) is 13.8. The van der Waals surface area contributed by atoms with Gasteiger partial charge >= 0.3 is 6.09 Å². The van der Waals surface area contributed by atoms with Crippen LogP contribution in [-0.4, -0.2) is 76.1 Å². The third-order valence-corrected chi connectivity index (χ3v) is 7.70. The number of nitriles is 1. The van der Waals surface area contributed by atoms with Crippen molar-refractivity contribution in [3.63, 3.8) is 0 Å². The van der Waals surface area contributed by atoms with E-state index in [0.717, 1.165) is 51.7 Å². The monoisotopic (exact) mass is 484 g/mol. The van der Waals surface area contributed by atoms with Crippen LogP contribution in [0, 0.1) is 17.2 Å². The van der Waals surface area contributed by atoms with Crippen molar-refractivity contribution in [3.05, 3.63) is 24.3 Å². The zero-order valence-corrected chi connectivity index (χ0v) is 22.4. The lowest BCUT2D eigenvalue weighted by molar-refractivity contribution is -0.141. The number of ether oxygens (including phenoxy) is 1. The molecule has 35 heavy (non-hydrogen) atoms. The first kappa shape index (κ1) is 27.3. The van der Waals surface area contributed by atoms with Crippen LogP contribution in [0.15, 0.2) is 24.3 Å². The number of amides is 2. The molecule has 0 aromatic rings. The van der Waals surface area contributed by atoms with Crippen molar-refractivity contribution < 1.29 is 14.3 Å². The summed E-state index contributed by atoms with van der Waals surface area (Å²) in [5, 5.41) is 10.2. The smallest absolute Gasteiger partial charge is 0.410 e. The number of carbonyl (C=O) groups excluding carboxylic acids is 2. The average molecular weight is 485 g/mol. The second-order valence-electron chi connectivity index (χ2n) is 11.6. The topological polar surface area (TPSA) is 76.9 Å². The molecule has 194 valence electrons. The first-order valence-corrected chi connectivity index (χ1v) is 13.3. The van der Waals surface area contributed by atoms with Crippen LogP contribution in [-0.2, 0) is 9.53 Å². The van der Waals surface area contributed by atoms with Crippen molar-refractivity contribution in [2.45, 2.75) is 96.2 Å². The maximum absolute atomic E-state index is 13.2. The molecule has 2 amide bonds. The molecule has 2 saturated heterocycles. The van der Waals surface area contributed by atoms with E-state index in [2.05, 4.69) is 28.9 Å². The van der Waals surface area contributed by atoms with E-state index in [1.54, 1.807) is 4.90 Å². The standard InChI is InChI=1S/C28H44N4O3/c1-6-7-8-9-10-17-32(24(33)23-11-12-23)27(5)13-20-31(21-14-27)28(22-29)15-18-30(19-16-28)25(34)35-26(2,3)4/h6-9,23H,10-21H2,1-5H3/b7-6-,9-8-. The summed E-state index contributed by atoms with van der Waals surface area (Å²) >= 11 is 0. The fourth-order valence-electron chi connectivity index (χ4n) is 5.26. The van der Waals surface area contributed by atoms with Crippen LogP contribution in [0.4, 0.5) is 4.79 Å². The van der Waals surface area contributed by atoms with Crippen LogP contribution in [0.3, 0.4) is 0 Å². The van der Waals surface area contributed by atoms with Crippen molar-refractivity contribution >= 4 is 12.0 Å². The molecule has 3 fully saturated rings. The van der Waals surface area contributed by atoms with Crippen LogP contribution >= 0.6 is 0 Å². The first-order chi connectivity index (χ1) is 16.5. The van der Waals surface area contributed by atoms with Crippen molar-refractivity contribution in [1.82, 2.24) is 14.7 Å². The molecule has 0 radical (unpaired) electrons. The summed E-state index contributed by atoms with van der Waals surface area (Å²) in [6.45, 7) is 13.2. The largest absolute Gasteiger partial charge is 0.444 e. The SMILES string of the molecule is C/C=C\C=C/CCN(C(=O)C1CC1)C1(C)CCN(C2(C#N)CCN(C(=O)OC(C)(C)C)CC2)CC1. The van der Waals surface area contributed by atoms with Crippen LogP contribution < -0.4 is 0 Å². The van der Waals surface area contributed by atoms with Gasteiger partial charge < -0.3 is 14.5 Å². The van der Waals surface area contributed by atoms with E-state index in [0.29, 0.717) is 31.8 Å². The second kappa shape index (κ2) is 11.2. The lowest BCUT2D eigenvalue weighted by Crippen LogP contribution is -2.62. The number of nitrogens with zero attached hydrogens (tertiary/aromatic N) is 4. The van der Waals surface area contributed by atoms with Gasteiger partial charge in [0.2, 0.25) is 5.91 Å². The van der Waals surface area contributed by atoms with Gasteiger partial charge in [-0.15, -0.1) is 0 Å². The molecule has 0 spiro atoms. The number of likely N-dealkylation sites (tertiary alicyclic amines) is 2.